The molecular formula is C20H27N2O2+. The molecule has 24 heavy (non-hydrogen) atoms. The van der Waals surface area contributed by atoms with Gasteiger partial charge in [-0.1, -0.05) is 24.3 Å². The van der Waals surface area contributed by atoms with Crippen LogP contribution in [0.5, 0.6) is 5.75 Å². The number of hydrogen-bond acceptors (Lipinski definition) is 2. The smallest absolute Gasteiger partial charge is 0.279 e. The molecule has 1 amide bonds. The fourth-order valence-electron chi connectivity index (χ4n) is 2.69. The Labute approximate surface area is 144 Å². The Morgan fingerprint density at radius 3 is 2.62 bits per heavy atom. The summed E-state index contributed by atoms with van der Waals surface area (Å²) in [6.07, 6.45) is 0. The first-order chi connectivity index (χ1) is 11.5. The van der Waals surface area contributed by atoms with Gasteiger partial charge in [-0.3, -0.25) is 4.79 Å². The average molecular weight is 327 g/mol. The van der Waals surface area contributed by atoms with Gasteiger partial charge in [-0.2, -0.15) is 0 Å². The van der Waals surface area contributed by atoms with Crippen molar-refractivity contribution < 1.29 is 14.4 Å². The highest BCUT2D eigenvalue weighted by Gasteiger charge is 2.14. The molecule has 2 N–H and O–H groups in total. The molecule has 0 radical (unpaired) electrons. The SMILES string of the molecule is CCOc1ccccc1C[NH+](C)CC(=O)Nc1cccc(C)c1C. The normalized spacial score (nSPS) is 11.8. The number of benzene rings is 2. The molecule has 2 rings (SSSR count). The van der Waals surface area contributed by atoms with Gasteiger partial charge in [-0.05, 0) is 50.1 Å². The van der Waals surface area contributed by atoms with Crippen molar-refractivity contribution in [3.05, 3.63) is 59.2 Å². The van der Waals surface area contributed by atoms with Crippen LogP contribution in [0.15, 0.2) is 42.5 Å². The molecule has 0 aromatic heterocycles. The molecule has 128 valence electrons. The van der Waals surface area contributed by atoms with Crippen molar-refractivity contribution in [3.63, 3.8) is 0 Å². The highest BCUT2D eigenvalue weighted by atomic mass is 16.5. The lowest BCUT2D eigenvalue weighted by atomic mass is 10.1. The molecule has 0 aliphatic heterocycles. The number of anilines is 1. The Bertz CT molecular complexity index is 698. The van der Waals surface area contributed by atoms with Crippen LogP contribution in [0, 0.1) is 13.8 Å². The fraction of sp³-hybridized carbons (Fsp3) is 0.350. The van der Waals surface area contributed by atoms with Crippen LogP contribution in [-0.4, -0.2) is 26.1 Å². The number of carbonyl (C=O) groups is 1. The Hall–Kier alpha value is -2.33. The Morgan fingerprint density at radius 2 is 1.88 bits per heavy atom. The molecule has 4 heteroatoms. The minimum absolute atomic E-state index is 0.0232. The predicted octanol–water partition coefficient (Wildman–Crippen LogP) is 2.36. The maximum absolute atomic E-state index is 12.3. The van der Waals surface area contributed by atoms with Crippen molar-refractivity contribution in [1.82, 2.24) is 0 Å². The summed E-state index contributed by atoms with van der Waals surface area (Å²) in [7, 11) is 2.02. The molecule has 0 spiro atoms. The number of quaternary nitrogens is 1. The predicted molar refractivity (Wildman–Crippen MR) is 97.6 cm³/mol. The second-order valence-electron chi connectivity index (χ2n) is 6.15. The van der Waals surface area contributed by atoms with Gasteiger partial charge in [0.05, 0.1) is 13.7 Å². The number of nitrogens with one attached hydrogen (secondary N) is 2. The zero-order valence-electron chi connectivity index (χ0n) is 15.0. The van der Waals surface area contributed by atoms with Crippen molar-refractivity contribution in [2.24, 2.45) is 0 Å². The van der Waals surface area contributed by atoms with E-state index in [0.29, 0.717) is 13.2 Å². The summed E-state index contributed by atoms with van der Waals surface area (Å²) in [6, 6.07) is 14.0. The summed E-state index contributed by atoms with van der Waals surface area (Å²) in [5.41, 5.74) is 4.31. The van der Waals surface area contributed by atoms with E-state index in [4.69, 9.17) is 4.74 Å². The third kappa shape index (κ3) is 4.83. The largest absolute Gasteiger partial charge is 0.493 e. The molecule has 0 heterocycles. The number of amides is 1. The van der Waals surface area contributed by atoms with E-state index in [2.05, 4.69) is 11.4 Å². The van der Waals surface area contributed by atoms with Crippen molar-refractivity contribution in [2.45, 2.75) is 27.3 Å². The van der Waals surface area contributed by atoms with Crippen molar-refractivity contribution in [3.8, 4) is 5.75 Å². The Balaban J connectivity index is 1.96. The van der Waals surface area contributed by atoms with E-state index in [0.717, 1.165) is 34.0 Å². The van der Waals surface area contributed by atoms with E-state index in [1.54, 1.807) is 0 Å². The average Bonchev–Trinajstić information content (AvgIpc) is 2.54. The van der Waals surface area contributed by atoms with Gasteiger partial charge in [0, 0.05) is 11.3 Å². The first-order valence-corrected chi connectivity index (χ1v) is 8.39. The van der Waals surface area contributed by atoms with Crippen molar-refractivity contribution in [2.75, 3.05) is 25.5 Å². The molecular weight excluding hydrogens is 300 g/mol. The lowest BCUT2D eigenvalue weighted by Gasteiger charge is -2.17. The van der Waals surface area contributed by atoms with Crippen LogP contribution in [0.1, 0.15) is 23.6 Å². The van der Waals surface area contributed by atoms with Gasteiger partial charge in [-0.15, -0.1) is 0 Å². The third-order valence-corrected chi connectivity index (χ3v) is 4.11. The molecule has 1 unspecified atom stereocenters. The van der Waals surface area contributed by atoms with E-state index in [1.807, 2.05) is 64.2 Å². The van der Waals surface area contributed by atoms with E-state index in [9.17, 15) is 4.79 Å². The molecule has 4 nitrogen and oxygen atoms in total. The van der Waals surface area contributed by atoms with Gasteiger partial charge in [0.2, 0.25) is 0 Å². The van der Waals surface area contributed by atoms with Gasteiger partial charge in [0.1, 0.15) is 12.3 Å². The minimum atomic E-state index is 0.0232. The van der Waals surface area contributed by atoms with Gasteiger partial charge < -0.3 is 15.0 Å². The Kier molecular flexibility index (Phi) is 6.38. The lowest BCUT2D eigenvalue weighted by molar-refractivity contribution is -0.885. The maximum atomic E-state index is 12.3. The topological polar surface area (TPSA) is 42.8 Å². The van der Waals surface area contributed by atoms with E-state index in [-0.39, 0.29) is 5.91 Å². The quantitative estimate of drug-likeness (QED) is 0.820. The molecule has 1 atom stereocenters. The number of likely N-dealkylation sites (N-methyl/N-ethyl adjacent to an activating group) is 1. The summed E-state index contributed by atoms with van der Waals surface area (Å²) in [5.74, 6) is 0.921. The molecule has 0 bridgehead atoms. The summed E-state index contributed by atoms with van der Waals surface area (Å²) in [5, 5.41) is 3.02. The third-order valence-electron chi connectivity index (χ3n) is 4.11. The second kappa shape index (κ2) is 8.50. The zero-order valence-corrected chi connectivity index (χ0v) is 15.0. The lowest BCUT2D eigenvalue weighted by Crippen LogP contribution is -3.08. The number of ether oxygens (including phenoxy) is 1. The van der Waals surface area contributed by atoms with Gasteiger partial charge in [-0.25, -0.2) is 0 Å². The molecule has 2 aromatic carbocycles. The van der Waals surface area contributed by atoms with Crippen LogP contribution in [0.2, 0.25) is 0 Å². The van der Waals surface area contributed by atoms with Crippen LogP contribution >= 0.6 is 0 Å². The highest BCUT2D eigenvalue weighted by molar-refractivity contribution is 5.92. The Morgan fingerprint density at radius 1 is 1.12 bits per heavy atom. The first kappa shape index (κ1) is 18.0. The van der Waals surface area contributed by atoms with Crippen LogP contribution in [0.4, 0.5) is 5.69 Å². The van der Waals surface area contributed by atoms with Gasteiger partial charge in [0.25, 0.3) is 5.91 Å². The highest BCUT2D eigenvalue weighted by Crippen LogP contribution is 2.18. The summed E-state index contributed by atoms with van der Waals surface area (Å²) >= 11 is 0. The summed E-state index contributed by atoms with van der Waals surface area (Å²) in [6.45, 7) is 7.85. The van der Waals surface area contributed by atoms with Crippen molar-refractivity contribution >= 4 is 11.6 Å². The van der Waals surface area contributed by atoms with Gasteiger partial charge >= 0.3 is 0 Å². The number of carbonyl (C=O) groups excluding carboxylic acids is 1. The standard InChI is InChI=1S/C20H26N2O2/c1-5-24-19-12-7-6-10-17(19)13-22(4)14-20(23)21-18-11-8-9-15(2)16(18)3/h6-12H,5,13-14H2,1-4H3,(H,21,23)/p+1. The van der Waals surface area contributed by atoms with Crippen LogP contribution < -0.4 is 15.0 Å². The molecule has 2 aromatic rings. The van der Waals surface area contributed by atoms with Crippen LogP contribution in [0.25, 0.3) is 0 Å². The first-order valence-electron chi connectivity index (χ1n) is 8.39. The van der Waals surface area contributed by atoms with E-state index >= 15 is 0 Å². The molecule has 0 aliphatic rings. The molecule has 0 fully saturated rings. The maximum Gasteiger partial charge on any atom is 0.279 e. The van der Waals surface area contributed by atoms with Crippen LogP contribution in [0.3, 0.4) is 0 Å². The fourth-order valence-corrected chi connectivity index (χ4v) is 2.69. The van der Waals surface area contributed by atoms with Crippen molar-refractivity contribution in [1.29, 1.82) is 0 Å². The summed E-state index contributed by atoms with van der Waals surface area (Å²) in [4.78, 5) is 13.4. The zero-order chi connectivity index (χ0) is 17.5. The van der Waals surface area contributed by atoms with E-state index in [1.165, 1.54) is 5.56 Å². The van der Waals surface area contributed by atoms with Gasteiger partial charge in [0.15, 0.2) is 6.54 Å². The van der Waals surface area contributed by atoms with E-state index < -0.39 is 0 Å². The van der Waals surface area contributed by atoms with Crippen LogP contribution in [-0.2, 0) is 11.3 Å². The second-order valence-corrected chi connectivity index (χ2v) is 6.15. The molecule has 0 saturated carbocycles. The summed E-state index contributed by atoms with van der Waals surface area (Å²) < 4.78 is 5.65. The number of aryl methyl sites for hydroxylation is 1. The number of para-hydroxylation sites is 1. The number of rotatable bonds is 7. The molecule has 0 saturated heterocycles. The minimum Gasteiger partial charge on any atom is -0.493 e. The monoisotopic (exact) mass is 327 g/mol. The number of hydrogen-bond donors (Lipinski definition) is 2. The molecule has 0 aliphatic carbocycles.